The number of anilines is 3. The largest absolute Gasteiger partial charge is 0.495 e. The topological polar surface area (TPSA) is 103 Å². The zero-order chi connectivity index (χ0) is 14.7. The predicted octanol–water partition coefficient (Wildman–Crippen LogP) is 2.98. The quantitative estimate of drug-likeness (QED) is 0.663. The highest BCUT2D eigenvalue weighted by Crippen LogP contribution is 2.31. The van der Waals surface area contributed by atoms with Crippen molar-refractivity contribution in [3.05, 3.63) is 45.5 Å². The van der Waals surface area contributed by atoms with E-state index in [1.54, 1.807) is 18.2 Å². The van der Waals surface area contributed by atoms with Crippen LogP contribution in [-0.4, -0.2) is 17.0 Å². The SMILES string of the molecule is COc1cc(Nc2nc(N)ccc2[N+](=O)[O-])ccc1Cl. The highest BCUT2D eigenvalue weighted by atomic mass is 35.5. The van der Waals surface area contributed by atoms with E-state index < -0.39 is 4.92 Å². The molecule has 1 aromatic carbocycles. The van der Waals surface area contributed by atoms with Crippen molar-refractivity contribution in [2.75, 3.05) is 18.2 Å². The van der Waals surface area contributed by atoms with E-state index in [0.29, 0.717) is 16.5 Å². The van der Waals surface area contributed by atoms with E-state index >= 15 is 0 Å². The molecule has 3 N–H and O–H groups in total. The van der Waals surface area contributed by atoms with Crippen LogP contribution >= 0.6 is 11.6 Å². The molecule has 1 aromatic heterocycles. The lowest BCUT2D eigenvalue weighted by molar-refractivity contribution is -0.384. The van der Waals surface area contributed by atoms with E-state index in [1.807, 2.05) is 0 Å². The molecule has 1 heterocycles. The number of rotatable bonds is 4. The molecule has 8 heteroatoms. The molecule has 20 heavy (non-hydrogen) atoms. The van der Waals surface area contributed by atoms with Crippen LogP contribution in [0.3, 0.4) is 0 Å². The van der Waals surface area contributed by atoms with Crippen LogP contribution in [0.15, 0.2) is 30.3 Å². The van der Waals surface area contributed by atoms with E-state index in [9.17, 15) is 10.1 Å². The fraction of sp³-hybridized carbons (Fsp3) is 0.0833. The second-order valence-electron chi connectivity index (χ2n) is 3.84. The van der Waals surface area contributed by atoms with Gasteiger partial charge < -0.3 is 15.8 Å². The van der Waals surface area contributed by atoms with Gasteiger partial charge >= 0.3 is 5.69 Å². The van der Waals surface area contributed by atoms with Crippen LogP contribution in [-0.2, 0) is 0 Å². The van der Waals surface area contributed by atoms with Crippen LogP contribution in [0.1, 0.15) is 0 Å². The van der Waals surface area contributed by atoms with E-state index in [4.69, 9.17) is 22.1 Å². The van der Waals surface area contributed by atoms with Gasteiger partial charge in [0.15, 0.2) is 0 Å². The average Bonchev–Trinajstić information content (AvgIpc) is 2.40. The number of nitrogens with zero attached hydrogens (tertiary/aromatic N) is 2. The zero-order valence-electron chi connectivity index (χ0n) is 10.5. The Bertz CT molecular complexity index is 663. The molecule has 104 valence electrons. The first kappa shape index (κ1) is 13.9. The Balaban J connectivity index is 2.39. The van der Waals surface area contributed by atoms with Gasteiger partial charge in [-0.3, -0.25) is 10.1 Å². The second kappa shape index (κ2) is 5.62. The van der Waals surface area contributed by atoms with Crippen LogP contribution in [0.2, 0.25) is 5.02 Å². The molecule has 0 spiro atoms. The van der Waals surface area contributed by atoms with Gasteiger partial charge in [0.1, 0.15) is 11.6 Å². The molecule has 0 saturated carbocycles. The van der Waals surface area contributed by atoms with Gasteiger partial charge in [0.2, 0.25) is 5.82 Å². The highest BCUT2D eigenvalue weighted by molar-refractivity contribution is 6.32. The van der Waals surface area contributed by atoms with Gasteiger partial charge in [-0.2, -0.15) is 0 Å². The summed E-state index contributed by atoms with van der Waals surface area (Å²) in [4.78, 5) is 14.3. The number of hydrogen-bond donors (Lipinski definition) is 2. The van der Waals surface area contributed by atoms with E-state index in [0.717, 1.165) is 0 Å². The minimum atomic E-state index is -0.540. The summed E-state index contributed by atoms with van der Waals surface area (Å²) >= 11 is 5.91. The first-order valence-electron chi connectivity index (χ1n) is 5.52. The van der Waals surface area contributed by atoms with Crippen LogP contribution in [0.25, 0.3) is 0 Å². The number of nitrogens with two attached hydrogens (primary N) is 1. The van der Waals surface area contributed by atoms with Crippen LogP contribution in [0.4, 0.5) is 23.0 Å². The molecule has 7 nitrogen and oxygen atoms in total. The van der Waals surface area contributed by atoms with Crippen molar-refractivity contribution in [3.63, 3.8) is 0 Å². The number of nitrogens with one attached hydrogen (secondary N) is 1. The molecule has 0 radical (unpaired) electrons. The van der Waals surface area contributed by atoms with Crippen LogP contribution in [0, 0.1) is 10.1 Å². The van der Waals surface area contributed by atoms with Gasteiger partial charge in [-0.25, -0.2) is 4.98 Å². The molecule has 0 amide bonds. The maximum absolute atomic E-state index is 10.9. The van der Waals surface area contributed by atoms with Gasteiger partial charge in [0, 0.05) is 17.8 Å². The van der Waals surface area contributed by atoms with Crippen LogP contribution in [0.5, 0.6) is 5.75 Å². The van der Waals surface area contributed by atoms with Crippen molar-refractivity contribution in [2.45, 2.75) is 0 Å². The Labute approximate surface area is 119 Å². The Hall–Kier alpha value is -2.54. The third-order valence-corrected chi connectivity index (χ3v) is 2.82. The molecular weight excluding hydrogens is 284 g/mol. The Kier molecular flexibility index (Phi) is 3.90. The maximum atomic E-state index is 10.9. The number of halogens is 1. The molecule has 0 aliphatic heterocycles. The summed E-state index contributed by atoms with van der Waals surface area (Å²) in [5.41, 5.74) is 5.92. The summed E-state index contributed by atoms with van der Waals surface area (Å²) in [6, 6.07) is 7.53. The minimum Gasteiger partial charge on any atom is -0.495 e. The molecule has 0 saturated heterocycles. The second-order valence-corrected chi connectivity index (χ2v) is 4.24. The Morgan fingerprint density at radius 3 is 2.80 bits per heavy atom. The van der Waals surface area contributed by atoms with Crippen molar-refractivity contribution in [1.82, 2.24) is 4.98 Å². The number of nitro groups is 1. The maximum Gasteiger partial charge on any atom is 0.311 e. The highest BCUT2D eigenvalue weighted by Gasteiger charge is 2.16. The average molecular weight is 295 g/mol. The summed E-state index contributed by atoms with van der Waals surface area (Å²) in [6.45, 7) is 0. The number of pyridine rings is 1. The van der Waals surface area contributed by atoms with Gasteiger partial charge in [-0.1, -0.05) is 11.6 Å². The lowest BCUT2D eigenvalue weighted by Gasteiger charge is -2.09. The lowest BCUT2D eigenvalue weighted by atomic mass is 10.3. The summed E-state index contributed by atoms with van der Waals surface area (Å²) in [7, 11) is 1.48. The summed E-state index contributed by atoms with van der Waals surface area (Å²) in [6.07, 6.45) is 0. The van der Waals surface area contributed by atoms with Crippen molar-refractivity contribution < 1.29 is 9.66 Å². The Morgan fingerprint density at radius 1 is 1.40 bits per heavy atom. The lowest BCUT2D eigenvalue weighted by Crippen LogP contribution is -2.02. The van der Waals surface area contributed by atoms with Gasteiger partial charge in [0.05, 0.1) is 17.1 Å². The number of benzene rings is 1. The predicted molar refractivity (Wildman–Crippen MR) is 76.6 cm³/mol. The zero-order valence-corrected chi connectivity index (χ0v) is 11.2. The van der Waals surface area contributed by atoms with E-state index in [1.165, 1.54) is 19.2 Å². The summed E-state index contributed by atoms with van der Waals surface area (Å²) in [5.74, 6) is 0.682. The molecule has 0 bridgehead atoms. The van der Waals surface area contributed by atoms with Gasteiger partial charge in [-0.05, 0) is 18.2 Å². The molecule has 0 fully saturated rings. The van der Waals surface area contributed by atoms with Gasteiger partial charge in [0.25, 0.3) is 0 Å². The van der Waals surface area contributed by atoms with E-state index in [2.05, 4.69) is 10.3 Å². The third kappa shape index (κ3) is 2.89. The fourth-order valence-electron chi connectivity index (χ4n) is 1.58. The smallest absolute Gasteiger partial charge is 0.311 e. The normalized spacial score (nSPS) is 10.1. The third-order valence-electron chi connectivity index (χ3n) is 2.51. The summed E-state index contributed by atoms with van der Waals surface area (Å²) in [5, 5.41) is 14.2. The minimum absolute atomic E-state index is 0.0550. The first-order valence-corrected chi connectivity index (χ1v) is 5.90. The number of nitrogen functional groups attached to an aromatic ring is 1. The molecule has 0 aliphatic rings. The molecule has 2 rings (SSSR count). The molecule has 0 atom stereocenters. The number of ether oxygens (including phenoxy) is 1. The summed E-state index contributed by atoms with van der Waals surface area (Å²) < 4.78 is 5.07. The van der Waals surface area contributed by atoms with E-state index in [-0.39, 0.29) is 17.3 Å². The number of hydrogen-bond acceptors (Lipinski definition) is 6. The molecule has 2 aromatic rings. The molecule has 0 aliphatic carbocycles. The number of methoxy groups -OCH3 is 1. The van der Waals surface area contributed by atoms with Crippen LogP contribution < -0.4 is 15.8 Å². The monoisotopic (exact) mass is 294 g/mol. The van der Waals surface area contributed by atoms with Gasteiger partial charge in [-0.15, -0.1) is 0 Å². The molecule has 0 unspecified atom stereocenters. The van der Waals surface area contributed by atoms with Crippen molar-refractivity contribution in [2.24, 2.45) is 0 Å². The van der Waals surface area contributed by atoms with Crippen molar-refractivity contribution in [3.8, 4) is 5.75 Å². The Morgan fingerprint density at radius 2 is 2.15 bits per heavy atom. The number of aromatic nitrogens is 1. The standard InChI is InChI=1S/C12H11ClN4O3/c1-20-10-6-7(2-3-8(10)13)15-12-9(17(18)19)4-5-11(14)16-12/h2-6H,1H3,(H3,14,15,16). The molecular formula is C12H11ClN4O3. The van der Waals surface area contributed by atoms with Crippen molar-refractivity contribution >= 4 is 34.6 Å². The first-order chi connectivity index (χ1) is 9.51. The van der Waals surface area contributed by atoms with Crippen molar-refractivity contribution in [1.29, 1.82) is 0 Å². The fourth-order valence-corrected chi connectivity index (χ4v) is 1.78.